The first kappa shape index (κ1) is 15.9. The van der Waals surface area contributed by atoms with Gasteiger partial charge in [-0.25, -0.2) is 4.90 Å². The molecule has 0 bridgehead atoms. The molecule has 0 saturated carbocycles. The van der Waals surface area contributed by atoms with Crippen LogP contribution in [0.5, 0.6) is 0 Å². The van der Waals surface area contributed by atoms with Crippen LogP contribution in [0.25, 0.3) is 0 Å². The minimum atomic E-state index is -0.626. The third kappa shape index (κ3) is 2.80. The molecule has 1 heterocycles. The molecule has 21 heavy (non-hydrogen) atoms. The summed E-state index contributed by atoms with van der Waals surface area (Å²) in [6.45, 7) is 7.90. The van der Waals surface area contributed by atoms with Crippen LogP contribution in [0.1, 0.15) is 27.7 Å². The number of rotatable bonds is 2. The number of nitrogens with zero attached hydrogens (tertiary/aromatic N) is 2. The van der Waals surface area contributed by atoms with Gasteiger partial charge in [-0.05, 0) is 48.8 Å². The van der Waals surface area contributed by atoms with Crippen molar-refractivity contribution in [2.24, 2.45) is 5.41 Å². The Kier molecular flexibility index (Phi) is 4.08. The van der Waals surface area contributed by atoms with Gasteiger partial charge in [0.15, 0.2) is 5.11 Å². The number of carbonyl (C=O) groups excluding carboxylic acids is 2. The predicted molar refractivity (Wildman–Crippen MR) is 87.3 cm³/mol. The molecule has 0 aliphatic carbocycles. The number of halogens is 1. The minimum Gasteiger partial charge on any atom is -0.277 e. The standard InChI is InChI=1S/C15H17ClN2O2S/c1-9(15(2,3)4)17-12(19)13(20)18(14(17)21)11-7-5-10(16)6-8-11/h5-9H,1-4H3. The highest BCUT2D eigenvalue weighted by atomic mass is 35.5. The van der Waals surface area contributed by atoms with E-state index in [9.17, 15) is 9.59 Å². The number of anilines is 1. The van der Waals surface area contributed by atoms with Gasteiger partial charge in [0.25, 0.3) is 0 Å². The Balaban J connectivity index is 2.39. The second-order valence-corrected chi connectivity index (χ2v) is 6.92. The number of amides is 2. The van der Waals surface area contributed by atoms with Gasteiger partial charge in [-0.15, -0.1) is 0 Å². The Labute approximate surface area is 134 Å². The van der Waals surface area contributed by atoms with E-state index < -0.39 is 11.8 Å². The van der Waals surface area contributed by atoms with Gasteiger partial charge in [-0.2, -0.15) is 0 Å². The zero-order valence-corrected chi connectivity index (χ0v) is 14.0. The molecule has 112 valence electrons. The molecule has 4 nitrogen and oxygen atoms in total. The van der Waals surface area contributed by atoms with Crippen molar-refractivity contribution in [2.75, 3.05) is 4.90 Å². The van der Waals surface area contributed by atoms with Crippen LogP contribution in [-0.2, 0) is 9.59 Å². The second kappa shape index (κ2) is 5.39. The van der Waals surface area contributed by atoms with Gasteiger partial charge >= 0.3 is 11.8 Å². The fourth-order valence-electron chi connectivity index (χ4n) is 2.03. The van der Waals surface area contributed by atoms with E-state index in [1.54, 1.807) is 24.3 Å². The zero-order valence-electron chi connectivity index (χ0n) is 12.4. The van der Waals surface area contributed by atoms with Crippen LogP contribution in [0.3, 0.4) is 0 Å². The number of carbonyl (C=O) groups is 2. The highest BCUT2D eigenvalue weighted by Crippen LogP contribution is 2.31. The van der Waals surface area contributed by atoms with Crippen molar-refractivity contribution in [3.8, 4) is 0 Å². The van der Waals surface area contributed by atoms with E-state index in [0.29, 0.717) is 10.7 Å². The number of hydrogen-bond donors (Lipinski definition) is 0. The molecule has 1 unspecified atom stereocenters. The topological polar surface area (TPSA) is 40.6 Å². The fourth-order valence-corrected chi connectivity index (χ4v) is 2.58. The van der Waals surface area contributed by atoms with Crippen molar-refractivity contribution in [3.63, 3.8) is 0 Å². The van der Waals surface area contributed by atoms with Gasteiger partial charge in [0.2, 0.25) is 0 Å². The molecule has 1 atom stereocenters. The van der Waals surface area contributed by atoms with Crippen LogP contribution in [0.15, 0.2) is 24.3 Å². The number of hydrogen-bond acceptors (Lipinski definition) is 3. The predicted octanol–water partition coefficient (Wildman–Crippen LogP) is 3.23. The van der Waals surface area contributed by atoms with E-state index in [4.69, 9.17) is 23.8 Å². The maximum absolute atomic E-state index is 12.3. The van der Waals surface area contributed by atoms with Crippen molar-refractivity contribution in [1.82, 2.24) is 4.90 Å². The van der Waals surface area contributed by atoms with Gasteiger partial charge in [0, 0.05) is 11.1 Å². The average Bonchev–Trinajstić information content (AvgIpc) is 2.60. The lowest BCUT2D eigenvalue weighted by Gasteiger charge is -2.34. The largest absolute Gasteiger partial charge is 0.323 e. The van der Waals surface area contributed by atoms with Gasteiger partial charge in [0.1, 0.15) is 0 Å². The fraction of sp³-hybridized carbons (Fsp3) is 0.400. The SMILES string of the molecule is CC(N1C(=O)C(=O)N(c2ccc(Cl)cc2)C1=S)C(C)(C)C. The molecule has 1 aromatic carbocycles. The molecular weight excluding hydrogens is 308 g/mol. The molecule has 2 amide bonds. The second-order valence-electron chi connectivity index (χ2n) is 6.12. The molecular formula is C15H17ClN2O2S. The van der Waals surface area contributed by atoms with Crippen LogP contribution in [0, 0.1) is 5.41 Å². The summed E-state index contributed by atoms with van der Waals surface area (Å²) in [5, 5.41) is 0.775. The lowest BCUT2D eigenvalue weighted by molar-refractivity contribution is -0.140. The molecule has 1 aliphatic heterocycles. The first-order chi connectivity index (χ1) is 9.64. The Morgan fingerprint density at radius 1 is 1.10 bits per heavy atom. The molecule has 0 aromatic heterocycles. The number of thiocarbonyl (C=S) groups is 1. The molecule has 0 spiro atoms. The lowest BCUT2D eigenvalue weighted by atomic mass is 9.87. The van der Waals surface area contributed by atoms with Crippen molar-refractivity contribution < 1.29 is 9.59 Å². The Morgan fingerprint density at radius 2 is 1.62 bits per heavy atom. The summed E-state index contributed by atoms with van der Waals surface area (Å²) >= 11 is 11.2. The third-order valence-electron chi connectivity index (χ3n) is 3.73. The van der Waals surface area contributed by atoms with Crippen LogP contribution < -0.4 is 4.90 Å². The van der Waals surface area contributed by atoms with Gasteiger partial charge in [0.05, 0.1) is 5.69 Å². The highest BCUT2D eigenvalue weighted by molar-refractivity contribution is 7.80. The van der Waals surface area contributed by atoms with Crippen LogP contribution in [0.2, 0.25) is 5.02 Å². The van der Waals surface area contributed by atoms with Gasteiger partial charge < -0.3 is 0 Å². The Bertz CT molecular complexity index is 607. The molecule has 2 rings (SSSR count). The Hall–Kier alpha value is -1.46. The van der Waals surface area contributed by atoms with Crippen molar-refractivity contribution in [2.45, 2.75) is 33.7 Å². The lowest BCUT2D eigenvalue weighted by Crippen LogP contribution is -2.46. The van der Waals surface area contributed by atoms with Crippen molar-refractivity contribution in [3.05, 3.63) is 29.3 Å². The molecule has 0 radical (unpaired) electrons. The molecule has 1 aromatic rings. The van der Waals surface area contributed by atoms with Gasteiger partial charge in [-0.3, -0.25) is 14.5 Å². The Morgan fingerprint density at radius 3 is 2.10 bits per heavy atom. The normalized spacial score (nSPS) is 17.7. The minimum absolute atomic E-state index is 0.182. The van der Waals surface area contributed by atoms with Crippen LogP contribution >= 0.6 is 23.8 Å². The van der Waals surface area contributed by atoms with Crippen LogP contribution in [-0.4, -0.2) is 27.9 Å². The summed E-state index contributed by atoms with van der Waals surface area (Å²) in [6, 6.07) is 6.48. The molecule has 1 fully saturated rings. The van der Waals surface area contributed by atoms with E-state index in [1.807, 2.05) is 27.7 Å². The first-order valence-electron chi connectivity index (χ1n) is 6.61. The molecule has 1 saturated heterocycles. The van der Waals surface area contributed by atoms with Crippen molar-refractivity contribution >= 4 is 46.4 Å². The maximum Gasteiger partial charge on any atom is 0.323 e. The van der Waals surface area contributed by atoms with E-state index in [1.165, 1.54) is 9.80 Å². The quantitative estimate of drug-likeness (QED) is 0.619. The van der Waals surface area contributed by atoms with E-state index in [-0.39, 0.29) is 16.6 Å². The van der Waals surface area contributed by atoms with Gasteiger partial charge in [-0.1, -0.05) is 32.4 Å². The zero-order chi connectivity index (χ0) is 15.9. The van der Waals surface area contributed by atoms with E-state index in [2.05, 4.69) is 0 Å². The number of benzene rings is 1. The summed E-state index contributed by atoms with van der Waals surface area (Å²) in [4.78, 5) is 27.2. The summed E-state index contributed by atoms with van der Waals surface area (Å²) in [5.41, 5.74) is 0.363. The third-order valence-corrected chi connectivity index (χ3v) is 4.36. The molecule has 0 N–H and O–H groups in total. The maximum atomic E-state index is 12.3. The van der Waals surface area contributed by atoms with E-state index >= 15 is 0 Å². The first-order valence-corrected chi connectivity index (χ1v) is 7.40. The molecule has 6 heteroatoms. The van der Waals surface area contributed by atoms with E-state index in [0.717, 1.165) is 0 Å². The van der Waals surface area contributed by atoms with Crippen molar-refractivity contribution in [1.29, 1.82) is 0 Å². The smallest absolute Gasteiger partial charge is 0.277 e. The summed E-state index contributed by atoms with van der Waals surface area (Å²) < 4.78 is 0. The summed E-state index contributed by atoms with van der Waals surface area (Å²) in [5.74, 6) is -1.21. The average molecular weight is 325 g/mol. The summed E-state index contributed by atoms with van der Waals surface area (Å²) in [7, 11) is 0. The summed E-state index contributed by atoms with van der Waals surface area (Å²) in [6.07, 6.45) is 0. The van der Waals surface area contributed by atoms with Crippen LogP contribution in [0.4, 0.5) is 5.69 Å². The molecule has 1 aliphatic rings. The monoisotopic (exact) mass is 324 g/mol. The highest BCUT2D eigenvalue weighted by Gasteiger charge is 2.46.